The van der Waals surface area contributed by atoms with E-state index in [0.717, 1.165) is 6.54 Å². The van der Waals surface area contributed by atoms with E-state index < -0.39 is 0 Å². The molecule has 1 nitrogen and oxygen atoms in total. The SMILES string of the molecule is CC(CN)C1CSc2ccc(Br)cc21. The minimum absolute atomic E-state index is 0.582. The van der Waals surface area contributed by atoms with Gasteiger partial charge in [-0.1, -0.05) is 22.9 Å². The maximum absolute atomic E-state index is 5.73. The van der Waals surface area contributed by atoms with Gasteiger partial charge in [-0.25, -0.2) is 0 Å². The Bertz CT molecular complexity index is 340. The van der Waals surface area contributed by atoms with Gasteiger partial charge >= 0.3 is 0 Å². The first-order valence-electron chi connectivity index (χ1n) is 4.84. The Hall–Kier alpha value is 0.01000. The highest BCUT2D eigenvalue weighted by Crippen LogP contribution is 2.43. The Morgan fingerprint density at radius 3 is 3.14 bits per heavy atom. The van der Waals surface area contributed by atoms with Crippen LogP contribution in [0.25, 0.3) is 0 Å². The van der Waals surface area contributed by atoms with Gasteiger partial charge in [0.25, 0.3) is 0 Å². The average Bonchev–Trinajstić information content (AvgIpc) is 2.59. The zero-order chi connectivity index (χ0) is 10.1. The molecule has 1 aromatic carbocycles. The number of hydrogen-bond donors (Lipinski definition) is 1. The zero-order valence-corrected chi connectivity index (χ0v) is 10.6. The molecule has 0 saturated carbocycles. The van der Waals surface area contributed by atoms with Crippen LogP contribution < -0.4 is 5.73 Å². The summed E-state index contributed by atoms with van der Waals surface area (Å²) >= 11 is 5.47. The molecule has 0 aromatic heterocycles. The van der Waals surface area contributed by atoms with Crippen molar-refractivity contribution in [2.75, 3.05) is 12.3 Å². The van der Waals surface area contributed by atoms with E-state index in [-0.39, 0.29) is 0 Å². The molecule has 1 heterocycles. The molecular weight excluding hydrogens is 258 g/mol. The summed E-state index contributed by atoms with van der Waals surface area (Å²) in [6, 6.07) is 6.56. The molecule has 0 fully saturated rings. The summed E-state index contributed by atoms with van der Waals surface area (Å²) in [4.78, 5) is 1.43. The zero-order valence-electron chi connectivity index (χ0n) is 8.16. The molecule has 0 radical (unpaired) electrons. The number of fused-ring (bicyclic) bond motifs is 1. The lowest BCUT2D eigenvalue weighted by atomic mass is 9.89. The van der Waals surface area contributed by atoms with Gasteiger partial charge in [0, 0.05) is 15.1 Å². The second-order valence-electron chi connectivity index (χ2n) is 3.81. The van der Waals surface area contributed by atoms with Crippen LogP contribution in [-0.2, 0) is 0 Å². The Kier molecular flexibility index (Phi) is 3.20. The first kappa shape index (κ1) is 10.5. The largest absolute Gasteiger partial charge is 0.330 e. The van der Waals surface area contributed by atoms with E-state index in [9.17, 15) is 0 Å². The summed E-state index contributed by atoms with van der Waals surface area (Å²) in [7, 11) is 0. The fraction of sp³-hybridized carbons (Fsp3) is 0.455. The van der Waals surface area contributed by atoms with E-state index in [4.69, 9.17) is 5.73 Å². The van der Waals surface area contributed by atoms with Crippen LogP contribution in [0.3, 0.4) is 0 Å². The molecule has 2 atom stereocenters. The molecule has 2 rings (SSSR count). The normalized spacial score (nSPS) is 22.1. The first-order chi connectivity index (χ1) is 6.72. The predicted octanol–water partition coefficient (Wildman–Crippen LogP) is 3.23. The molecule has 0 amide bonds. The topological polar surface area (TPSA) is 26.0 Å². The minimum atomic E-state index is 0.582. The van der Waals surface area contributed by atoms with E-state index >= 15 is 0 Å². The molecule has 1 aliphatic rings. The molecule has 0 bridgehead atoms. The van der Waals surface area contributed by atoms with Crippen molar-refractivity contribution < 1.29 is 0 Å². The minimum Gasteiger partial charge on any atom is -0.330 e. The van der Waals surface area contributed by atoms with Gasteiger partial charge in [-0.05, 0) is 42.1 Å². The molecule has 1 aromatic rings. The number of benzene rings is 1. The summed E-state index contributed by atoms with van der Waals surface area (Å²) in [6.07, 6.45) is 0. The quantitative estimate of drug-likeness (QED) is 0.894. The van der Waals surface area contributed by atoms with E-state index in [1.807, 2.05) is 11.8 Å². The maximum Gasteiger partial charge on any atom is 0.0178 e. The molecule has 1 aliphatic heterocycles. The third kappa shape index (κ3) is 1.86. The lowest BCUT2D eigenvalue weighted by Crippen LogP contribution is -2.18. The first-order valence-corrected chi connectivity index (χ1v) is 6.62. The van der Waals surface area contributed by atoms with Crippen molar-refractivity contribution in [2.45, 2.75) is 17.7 Å². The van der Waals surface area contributed by atoms with E-state index in [2.05, 4.69) is 41.1 Å². The van der Waals surface area contributed by atoms with Crippen molar-refractivity contribution in [3.05, 3.63) is 28.2 Å². The van der Waals surface area contributed by atoms with Crippen molar-refractivity contribution in [2.24, 2.45) is 11.7 Å². The summed E-state index contributed by atoms with van der Waals surface area (Å²) in [5.74, 6) is 2.40. The number of rotatable bonds is 2. The molecule has 0 saturated heterocycles. The van der Waals surface area contributed by atoms with E-state index in [1.165, 1.54) is 20.7 Å². The van der Waals surface area contributed by atoms with Crippen LogP contribution >= 0.6 is 27.7 Å². The van der Waals surface area contributed by atoms with Gasteiger partial charge in [0.05, 0.1) is 0 Å². The summed E-state index contributed by atoms with van der Waals surface area (Å²) in [5.41, 5.74) is 7.20. The average molecular weight is 272 g/mol. The van der Waals surface area contributed by atoms with Crippen LogP contribution in [0.2, 0.25) is 0 Å². The molecule has 0 aliphatic carbocycles. The number of nitrogens with two attached hydrogens (primary N) is 1. The Morgan fingerprint density at radius 1 is 1.64 bits per heavy atom. The number of thioether (sulfide) groups is 1. The predicted molar refractivity (Wildman–Crippen MR) is 65.8 cm³/mol. The van der Waals surface area contributed by atoms with Gasteiger partial charge in [0.1, 0.15) is 0 Å². The lowest BCUT2D eigenvalue weighted by Gasteiger charge is -2.17. The molecule has 76 valence electrons. The smallest absolute Gasteiger partial charge is 0.0178 e. The number of hydrogen-bond acceptors (Lipinski definition) is 2. The van der Waals surface area contributed by atoms with E-state index in [1.54, 1.807) is 0 Å². The summed E-state index contributed by atoms with van der Waals surface area (Å²) in [6.45, 7) is 3.01. The van der Waals surface area contributed by atoms with Crippen molar-refractivity contribution in [3.63, 3.8) is 0 Å². The maximum atomic E-state index is 5.73. The molecule has 2 unspecified atom stereocenters. The van der Waals surface area contributed by atoms with Crippen molar-refractivity contribution >= 4 is 27.7 Å². The molecule has 2 N–H and O–H groups in total. The molecular formula is C11H14BrNS. The van der Waals surface area contributed by atoms with Crippen LogP contribution in [0.4, 0.5) is 0 Å². The van der Waals surface area contributed by atoms with Crippen LogP contribution in [0, 0.1) is 5.92 Å². The summed E-state index contributed by atoms with van der Waals surface area (Å²) < 4.78 is 1.17. The van der Waals surface area contributed by atoms with Crippen molar-refractivity contribution in [1.29, 1.82) is 0 Å². The van der Waals surface area contributed by atoms with Crippen LogP contribution in [-0.4, -0.2) is 12.3 Å². The third-order valence-electron chi connectivity index (χ3n) is 2.85. The van der Waals surface area contributed by atoms with Crippen LogP contribution in [0.5, 0.6) is 0 Å². The fourth-order valence-corrected chi connectivity index (χ4v) is 3.63. The second kappa shape index (κ2) is 4.25. The van der Waals surface area contributed by atoms with Gasteiger partial charge in [0.2, 0.25) is 0 Å². The Labute approximate surface area is 97.6 Å². The Balaban J connectivity index is 2.33. The third-order valence-corrected chi connectivity index (χ3v) is 4.55. The highest BCUT2D eigenvalue weighted by molar-refractivity contribution is 9.10. The highest BCUT2D eigenvalue weighted by atomic mass is 79.9. The lowest BCUT2D eigenvalue weighted by molar-refractivity contribution is 0.506. The highest BCUT2D eigenvalue weighted by Gasteiger charge is 2.27. The van der Waals surface area contributed by atoms with Gasteiger partial charge in [0.15, 0.2) is 0 Å². The van der Waals surface area contributed by atoms with Crippen molar-refractivity contribution in [1.82, 2.24) is 0 Å². The fourth-order valence-electron chi connectivity index (χ4n) is 1.84. The monoisotopic (exact) mass is 271 g/mol. The van der Waals surface area contributed by atoms with E-state index in [0.29, 0.717) is 11.8 Å². The molecule has 0 spiro atoms. The van der Waals surface area contributed by atoms with Crippen LogP contribution in [0.1, 0.15) is 18.4 Å². The van der Waals surface area contributed by atoms with Gasteiger partial charge in [-0.2, -0.15) is 0 Å². The molecule has 14 heavy (non-hydrogen) atoms. The van der Waals surface area contributed by atoms with Gasteiger partial charge in [-0.3, -0.25) is 0 Å². The number of halogens is 1. The molecule has 3 heteroatoms. The standard InChI is InChI=1S/C11H14BrNS/c1-7(5-13)10-6-14-11-3-2-8(12)4-9(10)11/h2-4,7,10H,5-6,13H2,1H3. The summed E-state index contributed by atoms with van der Waals surface area (Å²) in [5, 5.41) is 0. The second-order valence-corrected chi connectivity index (χ2v) is 5.79. The van der Waals surface area contributed by atoms with Crippen molar-refractivity contribution in [3.8, 4) is 0 Å². The Morgan fingerprint density at radius 2 is 2.43 bits per heavy atom. The van der Waals surface area contributed by atoms with Crippen LogP contribution in [0.15, 0.2) is 27.6 Å². The van der Waals surface area contributed by atoms with Gasteiger partial charge in [-0.15, -0.1) is 11.8 Å². The van der Waals surface area contributed by atoms with Gasteiger partial charge < -0.3 is 5.73 Å².